The molecule has 0 aromatic heterocycles. The van der Waals surface area contributed by atoms with Crippen LogP contribution in [0.15, 0.2) is 52.5 Å². The number of nitriles is 1. The fourth-order valence-corrected chi connectivity index (χ4v) is 3.41. The standard InChI is InChI=1S/C21H18BrN3O4/c22-18-5-8-20(29-14-15-3-6-19(7-4-15)25(27)28)16(12-18)11-17(13-23)21(26)24-9-1-2-10-24/h3-8,11-12H,1-2,9-10,14H2/b17-11+. The van der Waals surface area contributed by atoms with Crippen LogP contribution in [0, 0.1) is 21.4 Å². The Morgan fingerprint density at radius 3 is 2.55 bits per heavy atom. The van der Waals surface area contributed by atoms with Gasteiger partial charge in [0.25, 0.3) is 11.6 Å². The number of halogens is 1. The normalized spacial score (nSPS) is 13.8. The number of amides is 1. The summed E-state index contributed by atoms with van der Waals surface area (Å²) in [6, 6.07) is 13.4. The maximum absolute atomic E-state index is 12.6. The molecule has 7 nitrogen and oxygen atoms in total. The number of likely N-dealkylation sites (tertiary alicyclic amines) is 1. The molecule has 148 valence electrons. The van der Waals surface area contributed by atoms with Gasteiger partial charge in [0.1, 0.15) is 24.0 Å². The van der Waals surface area contributed by atoms with Crippen LogP contribution in [0.4, 0.5) is 5.69 Å². The van der Waals surface area contributed by atoms with Crippen LogP contribution in [0.1, 0.15) is 24.0 Å². The predicted octanol–water partition coefficient (Wildman–Crippen LogP) is 4.47. The van der Waals surface area contributed by atoms with Crippen molar-refractivity contribution in [3.05, 3.63) is 73.8 Å². The van der Waals surface area contributed by atoms with Crippen LogP contribution in [0.3, 0.4) is 0 Å². The highest BCUT2D eigenvalue weighted by Crippen LogP contribution is 2.27. The van der Waals surface area contributed by atoms with Crippen LogP contribution in [-0.4, -0.2) is 28.8 Å². The molecule has 1 aliphatic heterocycles. The number of benzene rings is 2. The van der Waals surface area contributed by atoms with Crippen molar-refractivity contribution >= 4 is 33.6 Å². The quantitative estimate of drug-likeness (QED) is 0.277. The smallest absolute Gasteiger partial charge is 0.269 e. The minimum Gasteiger partial charge on any atom is -0.488 e. The molecule has 1 fully saturated rings. The first-order chi connectivity index (χ1) is 14.0. The molecule has 1 amide bonds. The van der Waals surface area contributed by atoms with Crippen molar-refractivity contribution < 1.29 is 14.5 Å². The number of nitro groups is 1. The highest BCUT2D eigenvalue weighted by Gasteiger charge is 2.22. The van der Waals surface area contributed by atoms with Crippen LogP contribution in [0.25, 0.3) is 6.08 Å². The second-order valence-corrected chi connectivity index (χ2v) is 7.48. The monoisotopic (exact) mass is 455 g/mol. The van der Waals surface area contributed by atoms with E-state index in [0.717, 1.165) is 22.9 Å². The van der Waals surface area contributed by atoms with Gasteiger partial charge in [0.05, 0.1) is 4.92 Å². The first-order valence-corrected chi connectivity index (χ1v) is 9.84. The summed E-state index contributed by atoms with van der Waals surface area (Å²) in [4.78, 5) is 24.6. The maximum Gasteiger partial charge on any atom is 0.269 e. The lowest BCUT2D eigenvalue weighted by molar-refractivity contribution is -0.384. The fraction of sp³-hybridized carbons (Fsp3) is 0.238. The Labute approximate surface area is 176 Å². The number of nitrogens with zero attached hydrogens (tertiary/aromatic N) is 3. The lowest BCUT2D eigenvalue weighted by Crippen LogP contribution is -2.28. The molecule has 0 aliphatic carbocycles. The first-order valence-electron chi connectivity index (χ1n) is 9.04. The average molecular weight is 456 g/mol. The molecule has 29 heavy (non-hydrogen) atoms. The van der Waals surface area contributed by atoms with Gasteiger partial charge in [-0.3, -0.25) is 14.9 Å². The van der Waals surface area contributed by atoms with E-state index in [1.165, 1.54) is 18.2 Å². The van der Waals surface area contributed by atoms with Crippen LogP contribution >= 0.6 is 15.9 Å². The Bertz CT molecular complexity index is 990. The summed E-state index contributed by atoms with van der Waals surface area (Å²) in [6.45, 7) is 1.53. The molecule has 1 heterocycles. The van der Waals surface area contributed by atoms with Crippen LogP contribution < -0.4 is 4.74 Å². The summed E-state index contributed by atoms with van der Waals surface area (Å²) in [5.74, 6) is 0.236. The molecular weight excluding hydrogens is 438 g/mol. The largest absolute Gasteiger partial charge is 0.488 e. The predicted molar refractivity (Wildman–Crippen MR) is 111 cm³/mol. The third kappa shape index (κ3) is 5.21. The number of ether oxygens (including phenoxy) is 1. The lowest BCUT2D eigenvalue weighted by atomic mass is 10.1. The molecular formula is C21H18BrN3O4. The number of hydrogen-bond acceptors (Lipinski definition) is 5. The fourth-order valence-electron chi connectivity index (χ4n) is 3.03. The average Bonchev–Trinajstić information content (AvgIpc) is 3.26. The number of non-ortho nitro benzene ring substituents is 1. The van der Waals surface area contributed by atoms with Crippen LogP contribution in [0.5, 0.6) is 5.75 Å². The Hall–Kier alpha value is -3.18. The van der Waals surface area contributed by atoms with Gasteiger partial charge in [-0.25, -0.2) is 0 Å². The van der Waals surface area contributed by atoms with Crippen molar-refractivity contribution in [2.75, 3.05) is 13.1 Å². The third-order valence-electron chi connectivity index (χ3n) is 4.56. The lowest BCUT2D eigenvalue weighted by Gasteiger charge is -2.15. The van der Waals surface area contributed by atoms with Gasteiger partial charge >= 0.3 is 0 Å². The molecule has 0 bridgehead atoms. The number of carbonyl (C=O) groups is 1. The van der Waals surface area contributed by atoms with Crippen molar-refractivity contribution in [1.29, 1.82) is 5.26 Å². The maximum atomic E-state index is 12.6. The Balaban J connectivity index is 1.80. The number of hydrogen-bond donors (Lipinski definition) is 0. The zero-order chi connectivity index (χ0) is 20.8. The summed E-state index contributed by atoms with van der Waals surface area (Å²) in [5, 5.41) is 20.2. The molecule has 0 atom stereocenters. The molecule has 0 saturated carbocycles. The summed E-state index contributed by atoms with van der Waals surface area (Å²) < 4.78 is 6.65. The summed E-state index contributed by atoms with van der Waals surface area (Å²) in [7, 11) is 0. The van der Waals surface area contributed by atoms with E-state index in [0.29, 0.717) is 24.4 Å². The van der Waals surface area contributed by atoms with Gasteiger partial charge in [-0.15, -0.1) is 0 Å². The van der Waals surface area contributed by atoms with E-state index in [4.69, 9.17) is 4.74 Å². The minimum atomic E-state index is -0.455. The van der Waals surface area contributed by atoms with Gasteiger partial charge in [-0.05, 0) is 54.8 Å². The molecule has 2 aromatic rings. The Kier molecular flexibility index (Phi) is 6.62. The van der Waals surface area contributed by atoms with E-state index in [1.54, 1.807) is 35.2 Å². The Morgan fingerprint density at radius 2 is 1.93 bits per heavy atom. The molecule has 0 spiro atoms. The third-order valence-corrected chi connectivity index (χ3v) is 5.05. The van der Waals surface area contributed by atoms with Gasteiger partial charge in [0.15, 0.2) is 0 Å². The van der Waals surface area contributed by atoms with Crippen molar-refractivity contribution in [2.45, 2.75) is 19.4 Å². The van der Waals surface area contributed by atoms with Gasteiger partial charge in [-0.2, -0.15) is 5.26 Å². The second kappa shape index (κ2) is 9.34. The topological polar surface area (TPSA) is 96.5 Å². The highest BCUT2D eigenvalue weighted by molar-refractivity contribution is 9.10. The van der Waals surface area contributed by atoms with Crippen molar-refractivity contribution in [3.63, 3.8) is 0 Å². The van der Waals surface area contributed by atoms with E-state index in [2.05, 4.69) is 15.9 Å². The van der Waals surface area contributed by atoms with E-state index < -0.39 is 4.92 Å². The highest BCUT2D eigenvalue weighted by atomic mass is 79.9. The molecule has 2 aromatic carbocycles. The van der Waals surface area contributed by atoms with Gasteiger partial charge < -0.3 is 9.64 Å². The van der Waals surface area contributed by atoms with Gasteiger partial charge in [-0.1, -0.05) is 15.9 Å². The minimum absolute atomic E-state index is 0.0140. The molecule has 1 saturated heterocycles. The molecule has 8 heteroatoms. The van der Waals surface area contributed by atoms with E-state index in [-0.39, 0.29) is 23.8 Å². The molecule has 0 N–H and O–H groups in total. The van der Waals surface area contributed by atoms with Crippen LogP contribution in [0.2, 0.25) is 0 Å². The van der Waals surface area contributed by atoms with Crippen LogP contribution in [-0.2, 0) is 11.4 Å². The zero-order valence-electron chi connectivity index (χ0n) is 15.5. The summed E-state index contributed by atoms with van der Waals surface area (Å²) in [6.07, 6.45) is 3.44. The second-order valence-electron chi connectivity index (χ2n) is 6.56. The summed E-state index contributed by atoms with van der Waals surface area (Å²) in [5.41, 5.74) is 1.44. The molecule has 3 rings (SSSR count). The van der Waals surface area contributed by atoms with E-state index >= 15 is 0 Å². The number of rotatable bonds is 6. The zero-order valence-corrected chi connectivity index (χ0v) is 17.1. The van der Waals surface area contributed by atoms with Crippen molar-refractivity contribution in [3.8, 4) is 11.8 Å². The SMILES string of the molecule is N#C/C(=C\c1cc(Br)ccc1OCc1ccc([N+](=O)[O-])cc1)C(=O)N1CCCC1. The van der Waals surface area contributed by atoms with E-state index in [1.807, 2.05) is 6.07 Å². The van der Waals surface area contributed by atoms with Gasteiger partial charge in [0.2, 0.25) is 0 Å². The molecule has 0 radical (unpaired) electrons. The number of nitro benzene ring substituents is 1. The van der Waals surface area contributed by atoms with E-state index in [9.17, 15) is 20.2 Å². The first kappa shape index (κ1) is 20.6. The Morgan fingerprint density at radius 1 is 1.24 bits per heavy atom. The number of carbonyl (C=O) groups excluding carboxylic acids is 1. The van der Waals surface area contributed by atoms with Gasteiger partial charge in [0, 0.05) is 35.3 Å². The van der Waals surface area contributed by atoms with Crippen molar-refractivity contribution in [2.24, 2.45) is 0 Å². The summed E-state index contributed by atoms with van der Waals surface area (Å²) >= 11 is 3.40. The molecule has 1 aliphatic rings. The van der Waals surface area contributed by atoms with Crippen molar-refractivity contribution in [1.82, 2.24) is 4.90 Å². The molecule has 0 unspecified atom stereocenters.